The lowest BCUT2D eigenvalue weighted by atomic mass is 10.1. The van der Waals surface area contributed by atoms with E-state index in [0.717, 1.165) is 0 Å². The van der Waals surface area contributed by atoms with Crippen LogP contribution in [0.4, 0.5) is 5.69 Å². The van der Waals surface area contributed by atoms with Crippen LogP contribution >= 0.6 is 0 Å². The van der Waals surface area contributed by atoms with Crippen molar-refractivity contribution in [2.75, 3.05) is 11.4 Å². The Bertz CT molecular complexity index is 939. The molecule has 144 valence electrons. The molecule has 0 aliphatic heterocycles. The number of amides is 2. The highest BCUT2D eigenvalue weighted by molar-refractivity contribution is 7.88. The summed E-state index contributed by atoms with van der Waals surface area (Å²) in [4.78, 5) is 24.8. The number of methoxy groups -OCH3 is 1. The van der Waals surface area contributed by atoms with E-state index < -0.39 is 16.2 Å². The van der Waals surface area contributed by atoms with Gasteiger partial charge in [0.2, 0.25) is 0 Å². The molecular formula is C18H20N2O6S. The summed E-state index contributed by atoms with van der Waals surface area (Å²) in [6.45, 7) is 3.61. The second kappa shape index (κ2) is 8.19. The molecule has 0 spiro atoms. The van der Waals surface area contributed by atoms with Crippen LogP contribution in [0.1, 0.15) is 34.6 Å². The number of ether oxygens (including phenoxy) is 1. The average molecular weight is 392 g/mol. The molecule has 0 aliphatic rings. The molecule has 0 unspecified atom stereocenters. The van der Waals surface area contributed by atoms with E-state index in [1.807, 2.05) is 0 Å². The number of nitrogens with one attached hydrogen (secondary N) is 1. The summed E-state index contributed by atoms with van der Waals surface area (Å²) < 4.78 is 38.6. The second-order valence-corrected chi connectivity index (χ2v) is 7.18. The van der Waals surface area contributed by atoms with E-state index in [1.165, 1.54) is 49.6 Å². The zero-order chi connectivity index (χ0) is 20.2. The van der Waals surface area contributed by atoms with E-state index in [0.29, 0.717) is 0 Å². The van der Waals surface area contributed by atoms with Crippen molar-refractivity contribution >= 4 is 27.8 Å². The molecule has 0 heterocycles. The number of carbonyl (C=O) groups is 2. The van der Waals surface area contributed by atoms with Crippen molar-refractivity contribution in [2.24, 2.45) is 0 Å². The Balaban J connectivity index is 2.43. The lowest BCUT2D eigenvalue weighted by Gasteiger charge is -2.20. The fourth-order valence-electron chi connectivity index (χ4n) is 2.38. The van der Waals surface area contributed by atoms with E-state index >= 15 is 0 Å². The highest BCUT2D eigenvalue weighted by atomic mass is 32.2. The molecule has 27 heavy (non-hydrogen) atoms. The molecule has 2 N–H and O–H groups in total. The maximum Gasteiger partial charge on any atom is 0.366 e. The SMILES string of the molecule is COc1ccccc1C(=O)N(c1ccc(C(=O)NC(C)C)cc1)S(=O)(=O)O. The van der Waals surface area contributed by atoms with E-state index in [4.69, 9.17) is 4.74 Å². The molecule has 0 saturated heterocycles. The number of nitrogens with zero attached hydrogens (tertiary/aromatic N) is 1. The summed E-state index contributed by atoms with van der Waals surface area (Å²) in [6.07, 6.45) is 0. The number of hydrogen-bond acceptors (Lipinski definition) is 5. The summed E-state index contributed by atoms with van der Waals surface area (Å²) in [6, 6.07) is 11.2. The monoisotopic (exact) mass is 392 g/mol. The lowest BCUT2D eigenvalue weighted by Crippen LogP contribution is -2.36. The van der Waals surface area contributed by atoms with Gasteiger partial charge in [0.25, 0.3) is 11.8 Å². The Morgan fingerprint density at radius 1 is 1.07 bits per heavy atom. The van der Waals surface area contributed by atoms with Gasteiger partial charge in [0.1, 0.15) is 5.75 Å². The minimum atomic E-state index is -4.91. The highest BCUT2D eigenvalue weighted by Crippen LogP contribution is 2.25. The van der Waals surface area contributed by atoms with Gasteiger partial charge in [0.05, 0.1) is 18.4 Å². The normalized spacial score (nSPS) is 11.1. The van der Waals surface area contributed by atoms with Gasteiger partial charge in [-0.3, -0.25) is 14.1 Å². The Labute approximate surface area is 157 Å². The van der Waals surface area contributed by atoms with Crippen LogP contribution in [0.25, 0.3) is 0 Å². The fraction of sp³-hybridized carbons (Fsp3) is 0.222. The summed E-state index contributed by atoms with van der Waals surface area (Å²) in [5, 5.41) is 2.70. The Morgan fingerprint density at radius 3 is 2.19 bits per heavy atom. The standard InChI is InChI=1S/C18H20N2O6S/c1-12(2)19-17(21)13-8-10-14(11-9-13)20(27(23,24)25)18(22)15-6-4-5-7-16(15)26-3/h4-12H,1-3H3,(H,19,21)(H,23,24,25). The summed E-state index contributed by atoms with van der Waals surface area (Å²) in [5.74, 6) is -1.18. The van der Waals surface area contributed by atoms with Crippen molar-refractivity contribution in [3.8, 4) is 5.75 Å². The van der Waals surface area contributed by atoms with Gasteiger partial charge in [-0.1, -0.05) is 12.1 Å². The summed E-state index contributed by atoms with van der Waals surface area (Å²) >= 11 is 0. The summed E-state index contributed by atoms with van der Waals surface area (Å²) in [7, 11) is -3.58. The molecule has 0 bridgehead atoms. The highest BCUT2D eigenvalue weighted by Gasteiger charge is 2.30. The molecule has 2 aromatic rings. The first kappa shape index (κ1) is 20.4. The van der Waals surface area contributed by atoms with E-state index in [2.05, 4.69) is 5.32 Å². The molecule has 0 saturated carbocycles. The molecule has 8 nitrogen and oxygen atoms in total. The molecule has 0 radical (unpaired) electrons. The van der Waals surface area contributed by atoms with Gasteiger partial charge in [-0.2, -0.15) is 12.7 Å². The number of carbonyl (C=O) groups excluding carboxylic acids is 2. The van der Waals surface area contributed by atoms with Crippen molar-refractivity contribution < 1.29 is 27.3 Å². The zero-order valence-electron chi connectivity index (χ0n) is 15.0. The molecule has 2 amide bonds. The van der Waals surface area contributed by atoms with Crippen LogP contribution in [0.3, 0.4) is 0 Å². The largest absolute Gasteiger partial charge is 0.496 e. The number of para-hydroxylation sites is 1. The number of benzene rings is 2. The minimum Gasteiger partial charge on any atom is -0.496 e. The molecule has 0 aliphatic carbocycles. The minimum absolute atomic E-state index is 0.0424. The molecule has 9 heteroatoms. The topological polar surface area (TPSA) is 113 Å². The predicted octanol–water partition coefficient (Wildman–Crippen LogP) is 2.28. The van der Waals surface area contributed by atoms with E-state index in [1.54, 1.807) is 19.9 Å². The number of anilines is 1. The van der Waals surface area contributed by atoms with Crippen molar-refractivity contribution in [3.63, 3.8) is 0 Å². The quantitative estimate of drug-likeness (QED) is 0.729. The van der Waals surface area contributed by atoms with Gasteiger partial charge < -0.3 is 10.1 Å². The van der Waals surface area contributed by atoms with Crippen LogP contribution in [0, 0.1) is 0 Å². The van der Waals surface area contributed by atoms with Gasteiger partial charge >= 0.3 is 10.3 Å². The lowest BCUT2D eigenvalue weighted by molar-refractivity contribution is 0.0942. The predicted molar refractivity (Wildman–Crippen MR) is 100 cm³/mol. The smallest absolute Gasteiger partial charge is 0.366 e. The van der Waals surface area contributed by atoms with Gasteiger partial charge in [-0.25, -0.2) is 0 Å². The molecule has 0 aromatic heterocycles. The van der Waals surface area contributed by atoms with Crippen LogP contribution in [-0.2, 0) is 10.3 Å². The first-order valence-electron chi connectivity index (χ1n) is 8.01. The van der Waals surface area contributed by atoms with Crippen LogP contribution in [0.5, 0.6) is 5.75 Å². The van der Waals surface area contributed by atoms with E-state index in [9.17, 15) is 22.6 Å². The Hall–Kier alpha value is -2.91. The third-order valence-electron chi connectivity index (χ3n) is 3.54. The summed E-state index contributed by atoms with van der Waals surface area (Å²) in [5.41, 5.74) is 0.126. The molecule has 2 aromatic carbocycles. The van der Waals surface area contributed by atoms with Crippen molar-refractivity contribution in [1.82, 2.24) is 5.32 Å². The Kier molecular flexibility index (Phi) is 6.19. The van der Waals surface area contributed by atoms with Crippen molar-refractivity contribution in [3.05, 3.63) is 59.7 Å². The molecular weight excluding hydrogens is 372 g/mol. The maximum atomic E-state index is 12.8. The Morgan fingerprint density at radius 2 is 1.67 bits per heavy atom. The van der Waals surface area contributed by atoms with Gasteiger partial charge in [-0.15, -0.1) is 0 Å². The molecule has 0 atom stereocenters. The van der Waals surface area contributed by atoms with Crippen molar-refractivity contribution in [2.45, 2.75) is 19.9 Å². The third kappa shape index (κ3) is 4.83. The van der Waals surface area contributed by atoms with Crippen molar-refractivity contribution in [1.29, 1.82) is 0 Å². The van der Waals surface area contributed by atoms with Crippen LogP contribution in [-0.4, -0.2) is 37.9 Å². The zero-order valence-corrected chi connectivity index (χ0v) is 15.9. The van der Waals surface area contributed by atoms with Gasteiger partial charge in [0, 0.05) is 11.6 Å². The van der Waals surface area contributed by atoms with Gasteiger partial charge in [-0.05, 0) is 50.2 Å². The van der Waals surface area contributed by atoms with Crippen LogP contribution < -0.4 is 14.4 Å². The van der Waals surface area contributed by atoms with E-state index in [-0.39, 0.29) is 38.8 Å². The third-order valence-corrected chi connectivity index (χ3v) is 4.37. The molecule has 0 fully saturated rings. The fourth-order valence-corrected chi connectivity index (χ4v) is 3.08. The number of hydrogen-bond donors (Lipinski definition) is 2. The average Bonchev–Trinajstić information content (AvgIpc) is 2.60. The molecule has 2 rings (SSSR count). The maximum absolute atomic E-state index is 12.8. The second-order valence-electron chi connectivity index (χ2n) is 5.92. The first-order chi connectivity index (χ1) is 12.6. The van der Waals surface area contributed by atoms with Crippen LogP contribution in [0.15, 0.2) is 48.5 Å². The first-order valence-corrected chi connectivity index (χ1v) is 9.41. The van der Waals surface area contributed by atoms with Gasteiger partial charge in [0.15, 0.2) is 0 Å². The number of rotatable bonds is 6. The van der Waals surface area contributed by atoms with Crippen LogP contribution in [0.2, 0.25) is 0 Å².